The molecule has 1 saturated heterocycles. The molecule has 0 aliphatic carbocycles. The van der Waals surface area contributed by atoms with Crippen molar-refractivity contribution in [1.29, 1.82) is 0 Å². The minimum Gasteiger partial charge on any atom is -0.388 e. The fourth-order valence-electron chi connectivity index (χ4n) is 3.98. The van der Waals surface area contributed by atoms with Crippen LogP contribution in [0, 0.1) is 0 Å². The molecule has 26 heavy (non-hydrogen) atoms. The Morgan fingerprint density at radius 1 is 1.23 bits per heavy atom. The summed E-state index contributed by atoms with van der Waals surface area (Å²) in [4.78, 5) is 16.5. The highest BCUT2D eigenvalue weighted by molar-refractivity contribution is 5.58. The van der Waals surface area contributed by atoms with E-state index in [1.54, 1.807) is 6.20 Å². The van der Waals surface area contributed by atoms with Gasteiger partial charge < -0.3 is 15.3 Å². The maximum Gasteiger partial charge on any atom is 0.180 e. The second-order valence-electron chi connectivity index (χ2n) is 7.36. The predicted molar refractivity (Wildman–Crippen MR) is 102 cm³/mol. The number of rotatable bonds is 3. The lowest BCUT2D eigenvalue weighted by Crippen LogP contribution is -2.48. The number of aliphatic hydroxyl groups is 1. The number of fused-ring (bicyclic) bond motifs is 1. The number of β-amino-alcohol motifs (C(OH)–C–C–N with tert-alkyl or cyclic N) is 1. The standard InChI is InChI=1S/C20H27N5O/c1-2-20(26)9-5-13-25(14-20)19-15-7-11-21-12-8-16(15)23-18(24-19)17-6-3-4-10-22-17/h3-4,6,10,21,26H,2,5,7-9,11-14H2,1H3/t20-/m1/s1. The van der Waals surface area contributed by atoms with E-state index in [2.05, 4.69) is 22.1 Å². The Kier molecular flexibility index (Phi) is 4.87. The second-order valence-corrected chi connectivity index (χ2v) is 7.36. The van der Waals surface area contributed by atoms with Crippen LogP contribution in [0.25, 0.3) is 11.5 Å². The van der Waals surface area contributed by atoms with Crippen LogP contribution < -0.4 is 10.2 Å². The minimum atomic E-state index is -0.621. The predicted octanol–water partition coefficient (Wildman–Crippen LogP) is 1.97. The Labute approximate surface area is 154 Å². The lowest BCUT2D eigenvalue weighted by Gasteiger charge is -2.40. The Morgan fingerprint density at radius 2 is 2.12 bits per heavy atom. The molecule has 4 rings (SSSR count). The lowest BCUT2D eigenvalue weighted by molar-refractivity contribution is 0.0221. The summed E-state index contributed by atoms with van der Waals surface area (Å²) < 4.78 is 0. The zero-order chi connectivity index (χ0) is 18.0. The van der Waals surface area contributed by atoms with Crippen molar-refractivity contribution in [2.45, 2.75) is 44.6 Å². The molecule has 4 heterocycles. The van der Waals surface area contributed by atoms with Crippen LogP contribution in [0.5, 0.6) is 0 Å². The van der Waals surface area contributed by atoms with Gasteiger partial charge in [0.15, 0.2) is 5.82 Å². The van der Waals surface area contributed by atoms with Gasteiger partial charge >= 0.3 is 0 Å². The number of nitrogens with one attached hydrogen (secondary N) is 1. The van der Waals surface area contributed by atoms with E-state index < -0.39 is 5.60 Å². The van der Waals surface area contributed by atoms with Crippen LogP contribution in [0.3, 0.4) is 0 Å². The number of nitrogens with zero attached hydrogens (tertiary/aromatic N) is 4. The van der Waals surface area contributed by atoms with E-state index in [1.807, 2.05) is 18.2 Å². The fourth-order valence-corrected chi connectivity index (χ4v) is 3.98. The third-order valence-corrected chi connectivity index (χ3v) is 5.57. The average Bonchev–Trinajstić information content (AvgIpc) is 2.93. The molecule has 0 amide bonds. The summed E-state index contributed by atoms with van der Waals surface area (Å²) in [6.07, 6.45) is 6.22. The molecule has 138 valence electrons. The van der Waals surface area contributed by atoms with Gasteiger partial charge in [-0.2, -0.15) is 0 Å². The molecule has 0 aromatic carbocycles. The maximum absolute atomic E-state index is 10.8. The topological polar surface area (TPSA) is 74.2 Å². The molecule has 0 spiro atoms. The Bertz CT molecular complexity index is 766. The number of aromatic nitrogens is 3. The molecule has 6 nitrogen and oxygen atoms in total. The van der Waals surface area contributed by atoms with Gasteiger partial charge in [0.2, 0.25) is 0 Å². The molecular formula is C20H27N5O. The third-order valence-electron chi connectivity index (χ3n) is 5.57. The van der Waals surface area contributed by atoms with Crippen LogP contribution in [-0.4, -0.2) is 51.8 Å². The van der Waals surface area contributed by atoms with E-state index in [4.69, 9.17) is 9.97 Å². The molecule has 2 aliphatic heterocycles. The summed E-state index contributed by atoms with van der Waals surface area (Å²) >= 11 is 0. The number of hydrogen-bond donors (Lipinski definition) is 2. The lowest BCUT2D eigenvalue weighted by atomic mass is 9.90. The van der Waals surface area contributed by atoms with E-state index in [0.717, 1.165) is 68.9 Å². The average molecular weight is 353 g/mol. The second kappa shape index (κ2) is 7.29. The number of piperidine rings is 1. The molecule has 0 unspecified atom stereocenters. The molecule has 2 aromatic heterocycles. The first-order valence-electron chi connectivity index (χ1n) is 9.68. The van der Waals surface area contributed by atoms with Gasteiger partial charge in [-0.15, -0.1) is 0 Å². The van der Waals surface area contributed by atoms with Crippen molar-refractivity contribution in [3.63, 3.8) is 0 Å². The highest BCUT2D eigenvalue weighted by Gasteiger charge is 2.33. The third kappa shape index (κ3) is 3.44. The van der Waals surface area contributed by atoms with Crippen LogP contribution in [0.15, 0.2) is 24.4 Å². The van der Waals surface area contributed by atoms with Crippen molar-refractivity contribution in [3.8, 4) is 11.5 Å². The maximum atomic E-state index is 10.8. The van der Waals surface area contributed by atoms with E-state index in [1.165, 1.54) is 5.56 Å². The van der Waals surface area contributed by atoms with Crippen molar-refractivity contribution in [1.82, 2.24) is 20.3 Å². The van der Waals surface area contributed by atoms with E-state index in [9.17, 15) is 5.11 Å². The molecule has 2 N–H and O–H groups in total. The molecule has 1 fully saturated rings. The van der Waals surface area contributed by atoms with E-state index in [0.29, 0.717) is 12.4 Å². The van der Waals surface area contributed by atoms with Crippen LogP contribution in [0.2, 0.25) is 0 Å². The quantitative estimate of drug-likeness (QED) is 0.879. The van der Waals surface area contributed by atoms with Crippen LogP contribution in [0.4, 0.5) is 5.82 Å². The molecule has 2 aliphatic rings. The summed E-state index contributed by atoms with van der Waals surface area (Å²) in [5.74, 6) is 1.68. The Morgan fingerprint density at radius 3 is 2.92 bits per heavy atom. The van der Waals surface area contributed by atoms with Crippen LogP contribution in [-0.2, 0) is 12.8 Å². The largest absolute Gasteiger partial charge is 0.388 e. The Balaban J connectivity index is 1.79. The summed E-state index contributed by atoms with van der Waals surface area (Å²) in [5, 5.41) is 14.3. The van der Waals surface area contributed by atoms with E-state index >= 15 is 0 Å². The summed E-state index contributed by atoms with van der Waals surface area (Å²) in [7, 11) is 0. The van der Waals surface area contributed by atoms with Gasteiger partial charge in [0.05, 0.1) is 11.3 Å². The zero-order valence-electron chi connectivity index (χ0n) is 15.4. The van der Waals surface area contributed by atoms with Crippen LogP contribution in [0.1, 0.15) is 37.4 Å². The summed E-state index contributed by atoms with van der Waals surface area (Å²) in [5.41, 5.74) is 2.53. The molecule has 0 saturated carbocycles. The van der Waals surface area contributed by atoms with Gasteiger partial charge in [-0.3, -0.25) is 4.98 Å². The van der Waals surface area contributed by atoms with Crippen LogP contribution >= 0.6 is 0 Å². The summed E-state index contributed by atoms with van der Waals surface area (Å²) in [6.45, 7) is 5.51. The first-order chi connectivity index (χ1) is 12.7. The monoisotopic (exact) mass is 353 g/mol. The first-order valence-corrected chi connectivity index (χ1v) is 9.68. The van der Waals surface area contributed by atoms with Crippen molar-refractivity contribution >= 4 is 5.82 Å². The van der Waals surface area contributed by atoms with Crippen molar-refractivity contribution in [3.05, 3.63) is 35.7 Å². The molecule has 0 bridgehead atoms. The van der Waals surface area contributed by atoms with Crippen molar-refractivity contribution in [2.75, 3.05) is 31.1 Å². The minimum absolute atomic E-state index is 0.621. The van der Waals surface area contributed by atoms with Crippen molar-refractivity contribution in [2.24, 2.45) is 0 Å². The highest BCUT2D eigenvalue weighted by atomic mass is 16.3. The normalized spacial score (nSPS) is 23.4. The number of anilines is 1. The zero-order valence-corrected chi connectivity index (χ0v) is 15.4. The molecule has 0 radical (unpaired) electrons. The number of pyridine rings is 1. The fraction of sp³-hybridized carbons (Fsp3) is 0.550. The van der Waals surface area contributed by atoms with Gasteiger partial charge in [0.1, 0.15) is 11.5 Å². The van der Waals surface area contributed by atoms with Crippen molar-refractivity contribution < 1.29 is 5.11 Å². The SMILES string of the molecule is CC[C@@]1(O)CCCN(c2nc(-c3ccccn3)nc3c2CCNCC3)C1. The molecule has 1 atom stereocenters. The highest BCUT2D eigenvalue weighted by Crippen LogP contribution is 2.32. The first kappa shape index (κ1) is 17.4. The van der Waals surface area contributed by atoms with Gasteiger partial charge in [0, 0.05) is 37.8 Å². The number of hydrogen-bond acceptors (Lipinski definition) is 6. The van der Waals surface area contributed by atoms with Gasteiger partial charge in [-0.05, 0) is 44.4 Å². The van der Waals surface area contributed by atoms with Gasteiger partial charge in [-0.1, -0.05) is 13.0 Å². The molecule has 2 aromatic rings. The Hall–Kier alpha value is -2.05. The molecule has 6 heteroatoms. The van der Waals surface area contributed by atoms with Gasteiger partial charge in [0.25, 0.3) is 0 Å². The smallest absolute Gasteiger partial charge is 0.180 e. The van der Waals surface area contributed by atoms with Gasteiger partial charge in [-0.25, -0.2) is 9.97 Å². The summed E-state index contributed by atoms with van der Waals surface area (Å²) in [6, 6.07) is 5.83. The molecular weight excluding hydrogens is 326 g/mol. The van der Waals surface area contributed by atoms with E-state index in [-0.39, 0.29) is 0 Å².